The second-order valence-electron chi connectivity index (χ2n) is 4.61. The molecular weight excluding hydrogens is 362 g/mol. The van der Waals surface area contributed by atoms with Crippen molar-refractivity contribution in [1.29, 1.82) is 0 Å². The summed E-state index contributed by atoms with van der Waals surface area (Å²) in [7, 11) is 0. The van der Waals surface area contributed by atoms with Crippen molar-refractivity contribution >= 4 is 46.4 Å². The maximum absolute atomic E-state index is 12.9. The fraction of sp³-hybridized carbons (Fsp3) is 0.200. The Morgan fingerprint density at radius 3 is 2.57 bits per heavy atom. The van der Waals surface area contributed by atoms with Crippen LogP contribution in [-0.2, 0) is 11.3 Å². The van der Waals surface area contributed by atoms with Gasteiger partial charge in [-0.3, -0.25) is 9.59 Å². The van der Waals surface area contributed by atoms with Gasteiger partial charge in [-0.1, -0.05) is 23.2 Å². The summed E-state index contributed by atoms with van der Waals surface area (Å²) in [5.74, 6) is -1.16. The molecular formula is C15H13Cl2FN2O2S. The van der Waals surface area contributed by atoms with Crippen molar-refractivity contribution in [2.24, 2.45) is 0 Å². The summed E-state index contributed by atoms with van der Waals surface area (Å²) in [6.45, 7) is 0.553. The van der Waals surface area contributed by atoms with Gasteiger partial charge >= 0.3 is 0 Å². The van der Waals surface area contributed by atoms with Gasteiger partial charge in [0.25, 0.3) is 5.91 Å². The van der Waals surface area contributed by atoms with Crippen molar-refractivity contribution in [2.45, 2.75) is 13.0 Å². The third-order valence-electron chi connectivity index (χ3n) is 2.90. The van der Waals surface area contributed by atoms with E-state index >= 15 is 0 Å². The van der Waals surface area contributed by atoms with E-state index in [1.165, 1.54) is 17.4 Å². The maximum atomic E-state index is 12.9. The smallest absolute Gasteiger partial charge is 0.252 e. The van der Waals surface area contributed by atoms with Crippen molar-refractivity contribution in [3.8, 4) is 0 Å². The van der Waals surface area contributed by atoms with E-state index in [2.05, 4.69) is 10.6 Å². The Balaban J connectivity index is 1.73. The van der Waals surface area contributed by atoms with Crippen molar-refractivity contribution in [3.05, 3.63) is 55.9 Å². The summed E-state index contributed by atoms with van der Waals surface area (Å²) in [4.78, 5) is 24.5. The number of hydrogen-bond acceptors (Lipinski definition) is 3. The van der Waals surface area contributed by atoms with Crippen LogP contribution in [0.4, 0.5) is 4.39 Å². The van der Waals surface area contributed by atoms with E-state index in [4.69, 9.17) is 23.2 Å². The Kier molecular flexibility index (Phi) is 6.38. The van der Waals surface area contributed by atoms with E-state index in [0.29, 0.717) is 10.9 Å². The van der Waals surface area contributed by atoms with Gasteiger partial charge in [-0.05, 0) is 30.3 Å². The summed E-state index contributed by atoms with van der Waals surface area (Å²) in [5.41, 5.74) is 0.168. The van der Waals surface area contributed by atoms with Crippen LogP contribution < -0.4 is 10.6 Å². The zero-order valence-corrected chi connectivity index (χ0v) is 14.2. The number of benzene rings is 1. The zero-order valence-electron chi connectivity index (χ0n) is 11.9. The number of carbonyl (C=O) groups excluding carboxylic acids is 2. The zero-order chi connectivity index (χ0) is 16.8. The molecule has 2 rings (SSSR count). The molecule has 4 nitrogen and oxygen atoms in total. The monoisotopic (exact) mass is 374 g/mol. The van der Waals surface area contributed by atoms with Gasteiger partial charge in [-0.15, -0.1) is 11.3 Å². The predicted molar refractivity (Wildman–Crippen MR) is 89.5 cm³/mol. The average molecular weight is 375 g/mol. The molecule has 0 radical (unpaired) electrons. The maximum Gasteiger partial charge on any atom is 0.252 e. The Labute approximate surface area is 146 Å². The lowest BCUT2D eigenvalue weighted by atomic mass is 10.2. The van der Waals surface area contributed by atoms with Gasteiger partial charge in [0.05, 0.1) is 21.5 Å². The van der Waals surface area contributed by atoms with Crippen LogP contribution in [0, 0.1) is 5.82 Å². The molecule has 0 aliphatic heterocycles. The molecule has 0 saturated heterocycles. The summed E-state index contributed by atoms with van der Waals surface area (Å²) >= 11 is 13.0. The molecule has 1 aromatic heterocycles. The topological polar surface area (TPSA) is 58.2 Å². The highest BCUT2D eigenvalue weighted by Gasteiger charge is 2.11. The lowest BCUT2D eigenvalue weighted by Gasteiger charge is -2.07. The minimum Gasteiger partial charge on any atom is -0.351 e. The molecule has 0 atom stereocenters. The molecule has 0 bridgehead atoms. The molecule has 0 saturated carbocycles. The van der Waals surface area contributed by atoms with Crippen molar-refractivity contribution in [3.63, 3.8) is 0 Å². The highest BCUT2D eigenvalue weighted by Crippen LogP contribution is 2.21. The van der Waals surface area contributed by atoms with Gasteiger partial charge < -0.3 is 10.6 Å². The fourth-order valence-electron chi connectivity index (χ4n) is 1.78. The number of rotatable bonds is 6. The van der Waals surface area contributed by atoms with Gasteiger partial charge in [0.1, 0.15) is 5.82 Å². The third-order valence-corrected chi connectivity index (χ3v) is 4.45. The number of amides is 2. The van der Waals surface area contributed by atoms with Crippen molar-refractivity contribution in [1.82, 2.24) is 10.6 Å². The molecule has 2 aromatic rings. The molecule has 122 valence electrons. The molecule has 0 spiro atoms. The second-order valence-corrected chi connectivity index (χ2v) is 6.82. The standard InChI is InChI=1S/C15H13Cl2FN2O2S/c16-12-7-9(18)1-3-11(12)15(22)19-6-5-14(21)20-8-10-2-4-13(17)23-10/h1-4,7H,5-6,8H2,(H,19,22)(H,20,21). The summed E-state index contributed by atoms with van der Waals surface area (Å²) in [6.07, 6.45) is 0.129. The van der Waals surface area contributed by atoms with Crippen LogP contribution >= 0.6 is 34.5 Å². The van der Waals surface area contributed by atoms with Crippen LogP contribution in [0.15, 0.2) is 30.3 Å². The number of thiophene rings is 1. The highest BCUT2D eigenvalue weighted by molar-refractivity contribution is 7.16. The van der Waals surface area contributed by atoms with Crippen LogP contribution in [0.2, 0.25) is 9.36 Å². The van der Waals surface area contributed by atoms with E-state index < -0.39 is 11.7 Å². The molecule has 0 unspecified atom stereocenters. The molecule has 23 heavy (non-hydrogen) atoms. The van der Waals surface area contributed by atoms with Crippen molar-refractivity contribution < 1.29 is 14.0 Å². The Hall–Kier alpha value is -1.63. The Bertz CT molecular complexity index is 721. The summed E-state index contributed by atoms with van der Waals surface area (Å²) < 4.78 is 13.6. The van der Waals surface area contributed by atoms with Gasteiger partial charge in [-0.25, -0.2) is 4.39 Å². The van der Waals surface area contributed by atoms with Crippen LogP contribution in [0.1, 0.15) is 21.7 Å². The molecule has 2 amide bonds. The van der Waals surface area contributed by atoms with Crippen LogP contribution in [0.3, 0.4) is 0 Å². The SMILES string of the molecule is O=C(CCNC(=O)c1ccc(F)cc1Cl)NCc1ccc(Cl)s1. The van der Waals surface area contributed by atoms with Crippen LogP contribution in [0.5, 0.6) is 0 Å². The third kappa shape index (κ3) is 5.49. The summed E-state index contributed by atoms with van der Waals surface area (Å²) in [5, 5.41) is 5.33. The highest BCUT2D eigenvalue weighted by atomic mass is 35.5. The normalized spacial score (nSPS) is 10.4. The summed E-state index contributed by atoms with van der Waals surface area (Å²) in [6, 6.07) is 7.12. The first kappa shape index (κ1) is 17.7. The number of nitrogens with one attached hydrogen (secondary N) is 2. The quantitative estimate of drug-likeness (QED) is 0.810. The molecule has 0 aliphatic rings. The minimum atomic E-state index is -0.514. The van der Waals surface area contributed by atoms with E-state index in [1.807, 2.05) is 6.07 Å². The van der Waals surface area contributed by atoms with Gasteiger partial charge in [-0.2, -0.15) is 0 Å². The van der Waals surface area contributed by atoms with Crippen LogP contribution in [0.25, 0.3) is 0 Å². The number of hydrogen-bond donors (Lipinski definition) is 2. The molecule has 2 N–H and O–H groups in total. The first-order chi connectivity index (χ1) is 11.0. The Morgan fingerprint density at radius 1 is 1.13 bits per heavy atom. The fourth-order valence-corrected chi connectivity index (χ4v) is 3.06. The van der Waals surface area contributed by atoms with Gasteiger partial charge in [0.2, 0.25) is 5.91 Å². The van der Waals surface area contributed by atoms with E-state index in [9.17, 15) is 14.0 Å². The van der Waals surface area contributed by atoms with Gasteiger partial charge in [0.15, 0.2) is 0 Å². The van der Waals surface area contributed by atoms with E-state index in [1.54, 1.807) is 6.07 Å². The molecule has 8 heteroatoms. The van der Waals surface area contributed by atoms with Crippen molar-refractivity contribution in [2.75, 3.05) is 6.54 Å². The van der Waals surface area contributed by atoms with Gasteiger partial charge in [0, 0.05) is 17.8 Å². The minimum absolute atomic E-state index is 0.0292. The molecule has 0 fully saturated rings. The largest absolute Gasteiger partial charge is 0.351 e. The van der Waals surface area contributed by atoms with Crippen LogP contribution in [-0.4, -0.2) is 18.4 Å². The number of halogens is 3. The molecule has 1 heterocycles. The first-order valence-electron chi connectivity index (χ1n) is 6.70. The Morgan fingerprint density at radius 2 is 1.91 bits per heavy atom. The predicted octanol–water partition coefficient (Wildman–Crippen LogP) is 3.63. The molecule has 1 aromatic carbocycles. The second kappa shape index (κ2) is 8.29. The average Bonchev–Trinajstić information content (AvgIpc) is 2.90. The number of carbonyl (C=O) groups is 2. The molecule has 0 aliphatic carbocycles. The first-order valence-corrected chi connectivity index (χ1v) is 8.27. The lowest BCUT2D eigenvalue weighted by molar-refractivity contribution is -0.121. The van der Waals surface area contributed by atoms with E-state index in [0.717, 1.165) is 17.0 Å². The van der Waals surface area contributed by atoms with E-state index in [-0.39, 0.29) is 29.5 Å². The lowest BCUT2D eigenvalue weighted by Crippen LogP contribution is -2.30.